The van der Waals surface area contributed by atoms with Crippen LogP contribution < -0.4 is 0 Å². The van der Waals surface area contributed by atoms with Crippen LogP contribution in [-0.4, -0.2) is 13.0 Å². The van der Waals surface area contributed by atoms with Crippen molar-refractivity contribution in [1.82, 2.24) is 0 Å². The third-order valence-electron chi connectivity index (χ3n) is 10.2. The molecule has 0 aromatic carbocycles. The molecular weight excluding hydrogens is 335 g/mol. The SMILES string of the molecule is [B]=C1/C=C2/CCC(CC)C3/C2=C\C2C(CC1)CC1C=C4CC(C)C(C3C)C4C12. The van der Waals surface area contributed by atoms with E-state index in [0.29, 0.717) is 0 Å². The zero-order valence-electron chi connectivity index (χ0n) is 18.0. The number of hydrogen-bond donors (Lipinski definition) is 0. The summed E-state index contributed by atoms with van der Waals surface area (Å²) in [6, 6.07) is 0. The van der Waals surface area contributed by atoms with Crippen LogP contribution in [0, 0.1) is 59.2 Å². The summed E-state index contributed by atoms with van der Waals surface area (Å²) in [5.74, 6) is 8.58. The fourth-order valence-electron chi connectivity index (χ4n) is 9.33. The van der Waals surface area contributed by atoms with Gasteiger partial charge in [0.05, 0.1) is 0 Å². The van der Waals surface area contributed by atoms with Gasteiger partial charge in [0.15, 0.2) is 0 Å². The molecule has 0 heterocycles. The van der Waals surface area contributed by atoms with E-state index in [0.717, 1.165) is 71.1 Å². The molecule has 10 unspecified atom stereocenters. The molecule has 0 aromatic heterocycles. The van der Waals surface area contributed by atoms with Crippen LogP contribution in [0.4, 0.5) is 0 Å². The Morgan fingerprint density at radius 1 is 1.04 bits per heavy atom. The number of hydrogen-bond acceptors (Lipinski definition) is 0. The van der Waals surface area contributed by atoms with E-state index in [1.807, 2.05) is 5.57 Å². The van der Waals surface area contributed by atoms with Crippen LogP contribution in [0.1, 0.15) is 65.7 Å². The molecule has 0 aliphatic heterocycles. The first kappa shape index (κ1) is 18.0. The van der Waals surface area contributed by atoms with E-state index in [1.165, 1.54) is 38.5 Å². The van der Waals surface area contributed by atoms with Gasteiger partial charge in [-0.2, -0.15) is 0 Å². The van der Waals surface area contributed by atoms with Crippen LogP contribution in [0.25, 0.3) is 0 Å². The van der Waals surface area contributed by atoms with Crippen molar-refractivity contribution in [3.8, 4) is 0 Å². The molecule has 0 N–H and O–H groups in total. The zero-order chi connectivity index (χ0) is 19.2. The van der Waals surface area contributed by atoms with Gasteiger partial charge in [-0.15, -0.1) is 0 Å². The summed E-state index contributed by atoms with van der Waals surface area (Å²) in [6.45, 7) is 7.66. The van der Waals surface area contributed by atoms with Crippen LogP contribution in [0.2, 0.25) is 0 Å². The molecule has 0 nitrogen and oxygen atoms in total. The summed E-state index contributed by atoms with van der Waals surface area (Å²) in [6.07, 6.45) is 17.3. The van der Waals surface area contributed by atoms with Gasteiger partial charge >= 0.3 is 173 Å². The Morgan fingerprint density at radius 2 is 1.89 bits per heavy atom. The van der Waals surface area contributed by atoms with Crippen LogP contribution in [-0.2, 0) is 0 Å². The van der Waals surface area contributed by atoms with Crippen molar-refractivity contribution >= 4 is 13.0 Å². The van der Waals surface area contributed by atoms with Crippen molar-refractivity contribution in [2.75, 3.05) is 0 Å². The van der Waals surface area contributed by atoms with E-state index in [-0.39, 0.29) is 0 Å². The molecule has 3 saturated carbocycles. The quantitative estimate of drug-likeness (QED) is 0.384. The zero-order valence-corrected chi connectivity index (χ0v) is 18.0. The first-order valence-corrected chi connectivity index (χ1v) is 12.3. The Bertz CT molecular complexity index is 797. The third kappa shape index (κ3) is 2.34. The van der Waals surface area contributed by atoms with Gasteiger partial charge in [-0.25, -0.2) is 0 Å². The average molecular weight is 371 g/mol. The van der Waals surface area contributed by atoms with Crippen LogP contribution in [0.3, 0.4) is 0 Å². The van der Waals surface area contributed by atoms with Crippen LogP contribution >= 0.6 is 0 Å². The average Bonchev–Trinajstić information content (AvgIpc) is 3.26. The second kappa shape index (κ2) is 6.32. The fraction of sp³-hybridized carbons (Fsp3) is 0.741. The molecule has 6 rings (SSSR count). The molecule has 6 aliphatic rings. The monoisotopic (exact) mass is 371 g/mol. The summed E-state index contributed by atoms with van der Waals surface area (Å²) >= 11 is 0. The topological polar surface area (TPSA) is 0 Å². The van der Waals surface area contributed by atoms with Gasteiger partial charge in [0.2, 0.25) is 0 Å². The first-order chi connectivity index (χ1) is 13.6. The minimum atomic E-state index is 0.768. The molecule has 0 spiro atoms. The Labute approximate surface area is 173 Å². The summed E-state index contributed by atoms with van der Waals surface area (Å²) in [7, 11) is 6.56. The van der Waals surface area contributed by atoms with Gasteiger partial charge in [-0.1, -0.05) is 0 Å². The van der Waals surface area contributed by atoms with E-state index < -0.39 is 0 Å². The predicted octanol–water partition coefficient (Wildman–Crippen LogP) is 6.14. The Hall–Kier alpha value is -0.845. The van der Waals surface area contributed by atoms with Crippen LogP contribution in [0.15, 0.2) is 34.9 Å². The van der Waals surface area contributed by atoms with Crippen molar-refractivity contribution in [1.29, 1.82) is 0 Å². The van der Waals surface area contributed by atoms with Crippen molar-refractivity contribution in [2.45, 2.75) is 65.7 Å². The van der Waals surface area contributed by atoms with Gasteiger partial charge in [0.25, 0.3) is 0 Å². The standard InChI is InChI=1S/C27H36B/c1-4-16-5-6-18-12-21(28)8-7-17-10-20-11-19-9-14(2)24-15(3)25(16)22(18)13-23(17)26(20)27(19)24/h11-17,20,23-27H,4-10H2,1-3H3/b18-12-,22-13-. The summed E-state index contributed by atoms with van der Waals surface area (Å²) in [5.41, 5.74) is 6.42. The maximum absolute atomic E-state index is 6.56. The van der Waals surface area contributed by atoms with E-state index in [2.05, 4.69) is 39.0 Å². The molecule has 0 aromatic rings. The Kier molecular flexibility index (Phi) is 4.06. The van der Waals surface area contributed by atoms with E-state index in [1.54, 1.807) is 11.1 Å². The van der Waals surface area contributed by atoms with E-state index in [4.69, 9.17) is 7.49 Å². The van der Waals surface area contributed by atoms with Crippen molar-refractivity contribution in [3.63, 3.8) is 0 Å². The molecule has 0 saturated heterocycles. The predicted molar refractivity (Wildman–Crippen MR) is 119 cm³/mol. The van der Waals surface area contributed by atoms with Gasteiger partial charge in [0.1, 0.15) is 0 Å². The molecule has 6 aliphatic carbocycles. The third-order valence-corrected chi connectivity index (χ3v) is 10.2. The van der Waals surface area contributed by atoms with E-state index >= 15 is 0 Å². The molecule has 28 heavy (non-hydrogen) atoms. The summed E-state index contributed by atoms with van der Waals surface area (Å²) in [4.78, 5) is 0. The molecule has 147 valence electrons. The second-order valence-corrected chi connectivity index (χ2v) is 11.3. The molecule has 0 amide bonds. The van der Waals surface area contributed by atoms with Crippen molar-refractivity contribution < 1.29 is 0 Å². The number of rotatable bonds is 1. The maximum atomic E-state index is 6.56. The molecule has 1 radical (unpaired) electrons. The normalized spacial score (nSPS) is 55.1. The van der Waals surface area contributed by atoms with Gasteiger partial charge < -0.3 is 0 Å². The van der Waals surface area contributed by atoms with Crippen molar-refractivity contribution in [3.05, 3.63) is 34.9 Å². The van der Waals surface area contributed by atoms with Gasteiger partial charge in [-0.05, 0) is 0 Å². The van der Waals surface area contributed by atoms with E-state index in [9.17, 15) is 0 Å². The molecule has 1 heteroatoms. The number of allylic oxidation sites excluding steroid dienone is 6. The molecule has 3 fully saturated rings. The molecule has 2 bridgehead atoms. The second-order valence-electron chi connectivity index (χ2n) is 11.3. The van der Waals surface area contributed by atoms with Gasteiger partial charge in [0, 0.05) is 0 Å². The Morgan fingerprint density at radius 3 is 2.71 bits per heavy atom. The Balaban J connectivity index is 1.57. The summed E-state index contributed by atoms with van der Waals surface area (Å²) in [5, 5.41) is 0. The van der Waals surface area contributed by atoms with Gasteiger partial charge in [-0.3, -0.25) is 0 Å². The molecule has 10 atom stereocenters. The summed E-state index contributed by atoms with van der Waals surface area (Å²) < 4.78 is 0. The van der Waals surface area contributed by atoms with Crippen LogP contribution in [0.5, 0.6) is 0 Å². The molecular formula is C27H36B. The van der Waals surface area contributed by atoms with Crippen molar-refractivity contribution in [2.24, 2.45) is 59.2 Å². The first-order valence-electron chi connectivity index (χ1n) is 12.3. The fourth-order valence-corrected chi connectivity index (χ4v) is 9.33. The minimum absolute atomic E-state index is 0.768.